The number of likely N-dealkylation sites (tertiary alicyclic amines) is 1. The van der Waals surface area contributed by atoms with Gasteiger partial charge >= 0.3 is 6.03 Å². The van der Waals surface area contributed by atoms with Crippen molar-refractivity contribution in [1.29, 1.82) is 0 Å². The van der Waals surface area contributed by atoms with Crippen LogP contribution in [0.4, 0.5) is 10.6 Å². The van der Waals surface area contributed by atoms with Gasteiger partial charge in [0.1, 0.15) is 5.82 Å². The summed E-state index contributed by atoms with van der Waals surface area (Å²) in [4.78, 5) is 14.9. The average Bonchev–Trinajstić information content (AvgIpc) is 3.14. The third-order valence-corrected chi connectivity index (χ3v) is 4.68. The summed E-state index contributed by atoms with van der Waals surface area (Å²) in [5.74, 6) is 0.754. The highest BCUT2D eigenvalue weighted by Gasteiger charge is 2.31. The molecule has 0 aliphatic carbocycles. The lowest BCUT2D eigenvalue weighted by molar-refractivity contribution is 0.206. The van der Waals surface area contributed by atoms with Crippen molar-refractivity contribution >= 4 is 11.8 Å². The SMILES string of the molecule is Cc1ccc(C2CCCN2C(=O)Nc2cc(C)nn2C(C)(C)C)cc1. The predicted octanol–water partition coefficient (Wildman–Crippen LogP) is 4.62. The van der Waals surface area contributed by atoms with Gasteiger partial charge in [-0.1, -0.05) is 29.8 Å². The third-order valence-electron chi connectivity index (χ3n) is 4.68. The molecule has 1 aliphatic heterocycles. The Bertz CT molecular complexity index is 755. The van der Waals surface area contributed by atoms with Crippen molar-refractivity contribution in [2.24, 2.45) is 0 Å². The van der Waals surface area contributed by atoms with Gasteiger partial charge in [-0.15, -0.1) is 0 Å². The van der Waals surface area contributed by atoms with E-state index in [2.05, 4.69) is 62.4 Å². The molecule has 1 aliphatic rings. The van der Waals surface area contributed by atoms with E-state index < -0.39 is 0 Å². The zero-order valence-electron chi connectivity index (χ0n) is 15.8. The molecule has 134 valence electrons. The van der Waals surface area contributed by atoms with E-state index in [1.807, 2.05) is 22.6 Å². The number of hydrogen-bond donors (Lipinski definition) is 1. The highest BCUT2D eigenvalue weighted by Crippen LogP contribution is 2.33. The molecule has 2 heterocycles. The van der Waals surface area contributed by atoms with Crippen molar-refractivity contribution in [3.8, 4) is 0 Å². The van der Waals surface area contributed by atoms with Crippen LogP contribution in [-0.4, -0.2) is 27.3 Å². The molecular formula is C20H28N4O. The Morgan fingerprint density at radius 3 is 2.52 bits per heavy atom. The van der Waals surface area contributed by atoms with Gasteiger partial charge in [0.2, 0.25) is 0 Å². The topological polar surface area (TPSA) is 50.2 Å². The molecule has 0 spiro atoms. The predicted molar refractivity (Wildman–Crippen MR) is 101 cm³/mol. The van der Waals surface area contributed by atoms with E-state index in [9.17, 15) is 4.79 Å². The van der Waals surface area contributed by atoms with Gasteiger partial charge in [-0.2, -0.15) is 5.10 Å². The molecule has 5 nitrogen and oxygen atoms in total. The Labute approximate surface area is 150 Å². The van der Waals surface area contributed by atoms with E-state index in [4.69, 9.17) is 0 Å². The zero-order chi connectivity index (χ0) is 18.2. The molecular weight excluding hydrogens is 312 g/mol. The van der Waals surface area contributed by atoms with Crippen molar-refractivity contribution in [1.82, 2.24) is 14.7 Å². The summed E-state index contributed by atoms with van der Waals surface area (Å²) < 4.78 is 1.89. The maximum atomic E-state index is 12.9. The second kappa shape index (κ2) is 6.54. The molecule has 5 heteroatoms. The van der Waals surface area contributed by atoms with Crippen molar-refractivity contribution < 1.29 is 4.79 Å². The number of amides is 2. The maximum absolute atomic E-state index is 12.9. The third kappa shape index (κ3) is 3.70. The van der Waals surface area contributed by atoms with Gasteiger partial charge in [0.05, 0.1) is 17.3 Å². The number of urea groups is 1. The van der Waals surface area contributed by atoms with Gasteiger partial charge in [0.25, 0.3) is 0 Å². The van der Waals surface area contributed by atoms with Crippen molar-refractivity contribution in [2.45, 2.75) is 59.0 Å². The van der Waals surface area contributed by atoms with Crippen LogP contribution in [-0.2, 0) is 5.54 Å². The molecule has 0 radical (unpaired) electrons. The lowest BCUT2D eigenvalue weighted by Gasteiger charge is -2.27. The summed E-state index contributed by atoms with van der Waals surface area (Å²) in [5, 5.41) is 7.61. The van der Waals surface area contributed by atoms with Crippen LogP contribution in [0.1, 0.15) is 56.5 Å². The summed E-state index contributed by atoms with van der Waals surface area (Å²) in [5.41, 5.74) is 3.17. The van der Waals surface area contributed by atoms with Crippen LogP contribution in [0.5, 0.6) is 0 Å². The fourth-order valence-electron chi connectivity index (χ4n) is 3.43. The molecule has 1 saturated heterocycles. The highest BCUT2D eigenvalue weighted by molar-refractivity contribution is 5.89. The number of hydrogen-bond acceptors (Lipinski definition) is 2. The number of nitrogens with one attached hydrogen (secondary N) is 1. The second-order valence-corrected chi connectivity index (χ2v) is 7.95. The number of carbonyl (C=O) groups is 1. The van der Waals surface area contributed by atoms with Crippen molar-refractivity contribution in [2.75, 3.05) is 11.9 Å². The Morgan fingerprint density at radius 2 is 1.88 bits per heavy atom. The van der Waals surface area contributed by atoms with Crippen LogP contribution >= 0.6 is 0 Å². The minimum Gasteiger partial charge on any atom is -0.317 e. The standard InChI is InChI=1S/C20H28N4O/c1-14-8-10-16(11-9-14)17-7-6-12-23(17)19(25)21-18-13-15(2)22-24(18)20(3,4)5/h8-11,13,17H,6-7,12H2,1-5H3,(H,21,25). The minimum atomic E-state index is -0.182. The van der Waals surface area contributed by atoms with Crippen LogP contribution in [0, 0.1) is 13.8 Å². The first kappa shape index (κ1) is 17.5. The van der Waals surface area contributed by atoms with Gasteiger partial charge in [-0.3, -0.25) is 5.32 Å². The Kier molecular flexibility index (Phi) is 4.58. The van der Waals surface area contributed by atoms with E-state index in [0.717, 1.165) is 30.9 Å². The summed E-state index contributed by atoms with van der Waals surface area (Å²) in [7, 11) is 0. The van der Waals surface area contributed by atoms with Crippen LogP contribution in [0.15, 0.2) is 30.3 Å². The Hall–Kier alpha value is -2.30. The molecule has 1 N–H and O–H groups in total. The largest absolute Gasteiger partial charge is 0.323 e. The van der Waals surface area contributed by atoms with E-state index in [-0.39, 0.29) is 17.6 Å². The molecule has 2 amide bonds. The fraction of sp³-hybridized carbons (Fsp3) is 0.500. The normalized spacial score (nSPS) is 17.8. The van der Waals surface area contributed by atoms with Crippen LogP contribution < -0.4 is 5.32 Å². The van der Waals surface area contributed by atoms with Crippen molar-refractivity contribution in [3.05, 3.63) is 47.2 Å². The van der Waals surface area contributed by atoms with Gasteiger partial charge in [0, 0.05) is 12.6 Å². The highest BCUT2D eigenvalue weighted by atomic mass is 16.2. The molecule has 1 atom stereocenters. The molecule has 1 fully saturated rings. The lowest BCUT2D eigenvalue weighted by atomic mass is 10.0. The van der Waals surface area contributed by atoms with Gasteiger partial charge in [-0.25, -0.2) is 9.48 Å². The summed E-state index contributed by atoms with van der Waals surface area (Å²) in [6.45, 7) is 11.1. The molecule has 0 bridgehead atoms. The molecule has 2 aromatic rings. The minimum absolute atomic E-state index is 0.0477. The van der Waals surface area contributed by atoms with Crippen LogP contribution in [0.2, 0.25) is 0 Å². The number of nitrogens with zero attached hydrogens (tertiary/aromatic N) is 3. The van der Waals surface area contributed by atoms with Gasteiger partial charge in [0.15, 0.2) is 0 Å². The smallest absolute Gasteiger partial charge is 0.317 e. The first-order valence-corrected chi connectivity index (χ1v) is 8.97. The second-order valence-electron chi connectivity index (χ2n) is 7.95. The maximum Gasteiger partial charge on any atom is 0.323 e. The van der Waals surface area contributed by atoms with Gasteiger partial charge in [-0.05, 0) is 53.0 Å². The van der Waals surface area contributed by atoms with E-state index in [1.54, 1.807) is 0 Å². The molecule has 3 rings (SSSR count). The zero-order valence-corrected chi connectivity index (χ0v) is 15.8. The number of rotatable bonds is 2. The molecule has 1 aromatic heterocycles. The number of carbonyl (C=O) groups excluding carboxylic acids is 1. The Balaban J connectivity index is 1.80. The fourth-order valence-corrected chi connectivity index (χ4v) is 3.43. The molecule has 25 heavy (non-hydrogen) atoms. The quantitative estimate of drug-likeness (QED) is 0.867. The monoisotopic (exact) mass is 340 g/mol. The Morgan fingerprint density at radius 1 is 1.20 bits per heavy atom. The van der Waals surface area contributed by atoms with E-state index in [1.165, 1.54) is 11.1 Å². The molecule has 1 aromatic carbocycles. The van der Waals surface area contributed by atoms with Gasteiger partial charge < -0.3 is 4.90 Å². The number of aryl methyl sites for hydroxylation is 2. The summed E-state index contributed by atoms with van der Waals surface area (Å²) in [6, 6.07) is 10.5. The average molecular weight is 340 g/mol. The first-order valence-electron chi connectivity index (χ1n) is 8.97. The number of anilines is 1. The number of aromatic nitrogens is 2. The molecule has 1 unspecified atom stereocenters. The van der Waals surface area contributed by atoms with Crippen LogP contribution in [0.3, 0.4) is 0 Å². The molecule has 0 saturated carbocycles. The first-order chi connectivity index (χ1) is 11.8. The van der Waals surface area contributed by atoms with E-state index in [0.29, 0.717) is 0 Å². The lowest BCUT2D eigenvalue weighted by Crippen LogP contribution is -2.36. The van der Waals surface area contributed by atoms with Crippen LogP contribution in [0.25, 0.3) is 0 Å². The number of benzene rings is 1. The van der Waals surface area contributed by atoms with E-state index >= 15 is 0 Å². The summed E-state index contributed by atoms with van der Waals surface area (Å²) >= 11 is 0. The van der Waals surface area contributed by atoms with Crippen molar-refractivity contribution in [3.63, 3.8) is 0 Å². The summed E-state index contributed by atoms with van der Waals surface area (Å²) in [6.07, 6.45) is 2.04.